The predicted octanol–water partition coefficient (Wildman–Crippen LogP) is 4.23. The number of fused-ring (bicyclic) bond motifs is 1. The maximum Gasteiger partial charge on any atom is 0.348 e. The number of para-hydroxylation sites is 2. The molecule has 134 valence electrons. The minimum atomic E-state index is -0.625. The topological polar surface area (TPSA) is 64.6 Å². The van der Waals surface area contributed by atoms with Gasteiger partial charge in [-0.25, -0.2) is 9.18 Å². The van der Waals surface area contributed by atoms with Gasteiger partial charge in [-0.05, 0) is 48.7 Å². The smallest absolute Gasteiger partial charge is 0.348 e. The van der Waals surface area contributed by atoms with Crippen LogP contribution in [0, 0.1) is 5.82 Å². The van der Waals surface area contributed by atoms with Crippen molar-refractivity contribution in [1.82, 2.24) is 0 Å². The van der Waals surface area contributed by atoms with Gasteiger partial charge in [0, 0.05) is 4.70 Å². The van der Waals surface area contributed by atoms with E-state index < -0.39 is 18.5 Å². The molecule has 0 aliphatic heterocycles. The lowest BCUT2D eigenvalue weighted by Crippen LogP contribution is -2.21. The normalized spacial score (nSPS) is 10.5. The first-order valence-corrected chi connectivity index (χ1v) is 8.76. The van der Waals surface area contributed by atoms with E-state index >= 15 is 0 Å². The molecule has 2 aromatic carbocycles. The number of hydrogen-bond donors (Lipinski definition) is 1. The number of benzene rings is 2. The summed E-state index contributed by atoms with van der Waals surface area (Å²) in [5.74, 6) is -0.929. The van der Waals surface area contributed by atoms with Crippen molar-refractivity contribution >= 4 is 39.0 Å². The molecule has 5 nitrogen and oxygen atoms in total. The van der Waals surface area contributed by atoms with Crippen LogP contribution in [0.3, 0.4) is 0 Å². The van der Waals surface area contributed by atoms with Crippen molar-refractivity contribution in [3.05, 3.63) is 59.2 Å². The molecular weight excluding hydrogens is 357 g/mol. The van der Waals surface area contributed by atoms with E-state index in [0.717, 1.165) is 4.70 Å². The summed E-state index contributed by atoms with van der Waals surface area (Å²) in [7, 11) is 0. The van der Waals surface area contributed by atoms with E-state index in [1.807, 2.05) is 6.92 Å². The molecule has 1 N–H and O–H groups in total. The van der Waals surface area contributed by atoms with Crippen molar-refractivity contribution < 1.29 is 23.5 Å². The number of amides is 1. The number of nitrogens with one attached hydrogen (secondary N) is 1. The number of hydrogen-bond acceptors (Lipinski definition) is 5. The quantitative estimate of drug-likeness (QED) is 0.657. The lowest BCUT2D eigenvalue weighted by Gasteiger charge is -2.11. The SMILES string of the molecule is CCOc1ccccc1NC(=O)COC(=O)c1cc2cc(F)ccc2s1. The molecular formula is C19H16FNO4S. The average Bonchev–Trinajstić information content (AvgIpc) is 3.05. The van der Waals surface area contributed by atoms with Gasteiger partial charge in [0.1, 0.15) is 16.4 Å². The van der Waals surface area contributed by atoms with Gasteiger partial charge in [0.2, 0.25) is 0 Å². The Labute approximate surface area is 153 Å². The van der Waals surface area contributed by atoms with Gasteiger partial charge in [0.05, 0.1) is 12.3 Å². The van der Waals surface area contributed by atoms with Gasteiger partial charge in [-0.3, -0.25) is 4.79 Å². The molecule has 0 spiro atoms. The Kier molecular flexibility index (Phi) is 5.48. The first-order chi connectivity index (χ1) is 12.6. The molecule has 0 aliphatic carbocycles. The van der Waals surface area contributed by atoms with Crippen LogP contribution in [0.4, 0.5) is 10.1 Å². The minimum absolute atomic E-state index is 0.313. The Morgan fingerprint density at radius 2 is 1.96 bits per heavy atom. The van der Waals surface area contributed by atoms with Crippen LogP contribution in [0.15, 0.2) is 48.5 Å². The number of carbonyl (C=O) groups is 2. The number of carbonyl (C=O) groups excluding carboxylic acids is 2. The van der Waals surface area contributed by atoms with E-state index in [4.69, 9.17) is 9.47 Å². The monoisotopic (exact) mass is 373 g/mol. The highest BCUT2D eigenvalue weighted by Crippen LogP contribution is 2.27. The van der Waals surface area contributed by atoms with Crippen molar-refractivity contribution in [3.8, 4) is 5.75 Å². The van der Waals surface area contributed by atoms with Crippen molar-refractivity contribution in [3.63, 3.8) is 0 Å². The van der Waals surface area contributed by atoms with Gasteiger partial charge in [0.25, 0.3) is 5.91 Å². The van der Waals surface area contributed by atoms with Crippen LogP contribution in [-0.2, 0) is 9.53 Å². The zero-order valence-electron chi connectivity index (χ0n) is 14.0. The highest BCUT2D eigenvalue weighted by atomic mass is 32.1. The molecule has 0 saturated heterocycles. The fourth-order valence-corrected chi connectivity index (χ4v) is 3.29. The largest absolute Gasteiger partial charge is 0.492 e. The summed E-state index contributed by atoms with van der Waals surface area (Å²) in [4.78, 5) is 24.5. The number of esters is 1. The Hall–Kier alpha value is -2.93. The molecule has 7 heteroatoms. The Bertz CT molecular complexity index is 954. The summed E-state index contributed by atoms with van der Waals surface area (Å²) in [6.07, 6.45) is 0. The lowest BCUT2D eigenvalue weighted by molar-refractivity contribution is -0.119. The van der Waals surface area contributed by atoms with Gasteiger partial charge >= 0.3 is 5.97 Å². The van der Waals surface area contributed by atoms with Crippen molar-refractivity contribution in [2.45, 2.75) is 6.92 Å². The molecule has 1 amide bonds. The van der Waals surface area contributed by atoms with Crippen LogP contribution in [-0.4, -0.2) is 25.1 Å². The summed E-state index contributed by atoms with van der Waals surface area (Å²) in [6.45, 7) is 1.88. The van der Waals surface area contributed by atoms with E-state index in [1.165, 1.54) is 23.5 Å². The molecule has 0 fully saturated rings. The molecule has 3 aromatic rings. The van der Waals surface area contributed by atoms with Crippen molar-refractivity contribution in [2.24, 2.45) is 0 Å². The standard InChI is InChI=1S/C19H16FNO4S/c1-2-24-15-6-4-3-5-14(15)21-18(22)11-25-19(23)17-10-12-9-13(20)7-8-16(12)26-17/h3-10H,2,11H2,1H3,(H,21,22). The van der Waals surface area contributed by atoms with Crippen molar-refractivity contribution in [1.29, 1.82) is 0 Å². The van der Waals surface area contributed by atoms with Gasteiger partial charge in [-0.2, -0.15) is 0 Å². The van der Waals surface area contributed by atoms with E-state index in [9.17, 15) is 14.0 Å². The van der Waals surface area contributed by atoms with Crippen LogP contribution >= 0.6 is 11.3 Å². The number of anilines is 1. The number of rotatable bonds is 6. The summed E-state index contributed by atoms with van der Waals surface area (Å²) >= 11 is 1.19. The number of thiophene rings is 1. The molecule has 1 aromatic heterocycles. The second-order valence-corrected chi connectivity index (χ2v) is 6.43. The first kappa shape index (κ1) is 17.9. The summed E-state index contributed by atoms with van der Waals surface area (Å²) in [5, 5.41) is 3.27. The fraction of sp³-hybridized carbons (Fsp3) is 0.158. The molecule has 26 heavy (non-hydrogen) atoms. The van der Waals surface area contributed by atoms with Gasteiger partial charge in [-0.1, -0.05) is 12.1 Å². The van der Waals surface area contributed by atoms with E-state index in [-0.39, 0.29) is 5.82 Å². The van der Waals surface area contributed by atoms with Crippen LogP contribution < -0.4 is 10.1 Å². The third-order valence-corrected chi connectivity index (χ3v) is 4.57. The van der Waals surface area contributed by atoms with Gasteiger partial charge < -0.3 is 14.8 Å². The molecule has 3 rings (SSSR count). The van der Waals surface area contributed by atoms with Crippen molar-refractivity contribution in [2.75, 3.05) is 18.5 Å². The zero-order valence-corrected chi connectivity index (χ0v) is 14.8. The maximum absolute atomic E-state index is 13.2. The Balaban J connectivity index is 1.61. The van der Waals surface area contributed by atoms with E-state index in [2.05, 4.69) is 5.32 Å². The molecule has 0 aliphatic rings. The average molecular weight is 373 g/mol. The molecule has 1 heterocycles. The molecule has 0 bridgehead atoms. The third kappa shape index (κ3) is 4.18. The molecule has 0 radical (unpaired) electrons. The number of halogens is 1. The summed E-state index contributed by atoms with van der Waals surface area (Å²) in [5.41, 5.74) is 0.507. The summed E-state index contributed by atoms with van der Waals surface area (Å²) < 4.78 is 24.5. The molecule has 0 atom stereocenters. The Morgan fingerprint density at radius 1 is 1.15 bits per heavy atom. The maximum atomic E-state index is 13.2. The second-order valence-electron chi connectivity index (χ2n) is 5.35. The second kappa shape index (κ2) is 7.97. The van der Waals surface area contributed by atoms with Crippen LogP contribution in [0.5, 0.6) is 5.75 Å². The molecule has 0 saturated carbocycles. The zero-order chi connectivity index (χ0) is 18.5. The highest BCUT2D eigenvalue weighted by Gasteiger charge is 2.15. The predicted molar refractivity (Wildman–Crippen MR) is 98.3 cm³/mol. The first-order valence-electron chi connectivity index (χ1n) is 7.94. The van der Waals surface area contributed by atoms with Crippen LogP contribution in [0.2, 0.25) is 0 Å². The van der Waals surface area contributed by atoms with Gasteiger partial charge in [0.15, 0.2) is 6.61 Å². The molecule has 0 unspecified atom stereocenters. The third-order valence-electron chi connectivity index (χ3n) is 3.47. The minimum Gasteiger partial charge on any atom is -0.492 e. The van der Waals surface area contributed by atoms with Crippen LogP contribution in [0.25, 0.3) is 10.1 Å². The van der Waals surface area contributed by atoms with E-state index in [0.29, 0.717) is 28.3 Å². The van der Waals surface area contributed by atoms with E-state index in [1.54, 1.807) is 36.4 Å². The summed E-state index contributed by atoms with van der Waals surface area (Å²) in [6, 6.07) is 12.8. The van der Waals surface area contributed by atoms with Gasteiger partial charge in [-0.15, -0.1) is 11.3 Å². The fourth-order valence-electron chi connectivity index (χ4n) is 2.35. The van der Waals surface area contributed by atoms with Crippen LogP contribution in [0.1, 0.15) is 16.6 Å². The number of ether oxygens (including phenoxy) is 2. The Morgan fingerprint density at radius 3 is 2.77 bits per heavy atom. The highest BCUT2D eigenvalue weighted by molar-refractivity contribution is 7.20. The lowest BCUT2D eigenvalue weighted by atomic mass is 10.2.